The van der Waals surface area contributed by atoms with Crippen LogP contribution < -0.4 is 5.73 Å². The van der Waals surface area contributed by atoms with Crippen molar-refractivity contribution in [3.05, 3.63) is 12.2 Å². The quantitative estimate of drug-likeness (QED) is 0.768. The molecule has 0 spiro atoms. The lowest BCUT2D eigenvalue weighted by Gasteiger charge is -2.09. The molecule has 4 heteroatoms. The van der Waals surface area contributed by atoms with E-state index in [1.54, 1.807) is 6.33 Å². The van der Waals surface area contributed by atoms with Crippen molar-refractivity contribution in [1.82, 2.24) is 14.8 Å². The maximum absolute atomic E-state index is 6.05. The Hall–Kier alpha value is -0.900. The molecule has 1 saturated carbocycles. The number of hydrogen-bond donors (Lipinski definition) is 1. The molecule has 15 heavy (non-hydrogen) atoms. The number of nitrogens with two attached hydrogens (primary N) is 1. The predicted molar refractivity (Wildman–Crippen MR) is 59.3 cm³/mol. The van der Waals surface area contributed by atoms with Crippen LogP contribution in [0.5, 0.6) is 0 Å². The predicted octanol–water partition coefficient (Wildman–Crippen LogP) is 1.36. The van der Waals surface area contributed by atoms with Gasteiger partial charge in [0.1, 0.15) is 12.2 Å². The average molecular weight is 208 g/mol. The topological polar surface area (TPSA) is 56.7 Å². The Morgan fingerprint density at radius 3 is 3.07 bits per heavy atom. The molecule has 0 radical (unpaired) electrons. The Labute approximate surface area is 90.9 Å². The van der Waals surface area contributed by atoms with Gasteiger partial charge in [0.15, 0.2) is 0 Å². The second-order valence-corrected chi connectivity index (χ2v) is 4.39. The second kappa shape index (κ2) is 4.75. The number of aromatic nitrogens is 3. The van der Waals surface area contributed by atoms with Gasteiger partial charge in [-0.05, 0) is 38.5 Å². The first-order valence-electron chi connectivity index (χ1n) is 5.93. The van der Waals surface area contributed by atoms with Gasteiger partial charge >= 0.3 is 0 Å². The van der Waals surface area contributed by atoms with E-state index in [0.717, 1.165) is 37.5 Å². The van der Waals surface area contributed by atoms with Crippen LogP contribution in [0, 0.1) is 5.92 Å². The van der Waals surface area contributed by atoms with Gasteiger partial charge in [-0.3, -0.25) is 4.68 Å². The molecule has 1 atom stereocenters. The Morgan fingerprint density at radius 2 is 2.40 bits per heavy atom. The standard InChI is InChI=1S/C11H20N4/c1-2-15-11(13-8-14-15)5-3-4-10(12)9-6-7-9/h8-10H,2-7,12H2,1H3. The van der Waals surface area contributed by atoms with Crippen molar-refractivity contribution in [2.45, 2.75) is 51.6 Å². The summed E-state index contributed by atoms with van der Waals surface area (Å²) < 4.78 is 1.96. The highest BCUT2D eigenvalue weighted by atomic mass is 15.3. The van der Waals surface area contributed by atoms with Crippen LogP contribution in [-0.2, 0) is 13.0 Å². The summed E-state index contributed by atoms with van der Waals surface area (Å²) in [6.07, 6.45) is 7.59. The van der Waals surface area contributed by atoms with Gasteiger partial charge in [-0.15, -0.1) is 0 Å². The van der Waals surface area contributed by atoms with Gasteiger partial charge in [-0.1, -0.05) is 0 Å². The van der Waals surface area contributed by atoms with E-state index in [1.165, 1.54) is 12.8 Å². The minimum absolute atomic E-state index is 0.419. The lowest BCUT2D eigenvalue weighted by atomic mass is 10.1. The first-order chi connectivity index (χ1) is 7.31. The minimum Gasteiger partial charge on any atom is -0.327 e. The molecule has 0 amide bonds. The molecule has 1 aliphatic rings. The first kappa shape index (κ1) is 10.6. The molecule has 0 bridgehead atoms. The molecule has 1 aromatic rings. The van der Waals surface area contributed by atoms with E-state index in [0.29, 0.717) is 6.04 Å². The number of rotatable bonds is 6. The third kappa shape index (κ3) is 2.78. The minimum atomic E-state index is 0.419. The van der Waals surface area contributed by atoms with E-state index in [9.17, 15) is 0 Å². The molecule has 1 heterocycles. The van der Waals surface area contributed by atoms with E-state index in [-0.39, 0.29) is 0 Å². The average Bonchev–Trinajstić information content (AvgIpc) is 2.99. The van der Waals surface area contributed by atoms with Gasteiger partial charge in [0, 0.05) is 19.0 Å². The summed E-state index contributed by atoms with van der Waals surface area (Å²) >= 11 is 0. The lowest BCUT2D eigenvalue weighted by molar-refractivity contribution is 0.513. The van der Waals surface area contributed by atoms with Crippen LogP contribution in [0.2, 0.25) is 0 Å². The van der Waals surface area contributed by atoms with Gasteiger partial charge in [0.25, 0.3) is 0 Å². The van der Waals surface area contributed by atoms with Crippen LogP contribution in [0.3, 0.4) is 0 Å². The molecule has 1 unspecified atom stereocenters. The van der Waals surface area contributed by atoms with Crippen molar-refractivity contribution in [2.24, 2.45) is 11.7 Å². The van der Waals surface area contributed by atoms with Gasteiger partial charge in [-0.25, -0.2) is 4.98 Å². The van der Waals surface area contributed by atoms with Gasteiger partial charge < -0.3 is 5.73 Å². The third-order valence-electron chi connectivity index (χ3n) is 3.16. The maximum atomic E-state index is 6.05. The van der Waals surface area contributed by atoms with E-state index >= 15 is 0 Å². The summed E-state index contributed by atoms with van der Waals surface area (Å²) in [6.45, 7) is 3.00. The van der Waals surface area contributed by atoms with Crippen LogP contribution in [0.1, 0.15) is 38.4 Å². The number of nitrogens with zero attached hydrogens (tertiary/aromatic N) is 3. The van der Waals surface area contributed by atoms with E-state index < -0.39 is 0 Å². The fraction of sp³-hybridized carbons (Fsp3) is 0.818. The zero-order chi connectivity index (χ0) is 10.7. The zero-order valence-electron chi connectivity index (χ0n) is 9.39. The van der Waals surface area contributed by atoms with Crippen molar-refractivity contribution >= 4 is 0 Å². The van der Waals surface area contributed by atoms with Gasteiger partial charge in [-0.2, -0.15) is 5.10 Å². The fourth-order valence-corrected chi connectivity index (χ4v) is 2.00. The molecule has 0 aliphatic heterocycles. The second-order valence-electron chi connectivity index (χ2n) is 4.39. The summed E-state index contributed by atoms with van der Waals surface area (Å²) in [7, 11) is 0. The highest BCUT2D eigenvalue weighted by Crippen LogP contribution is 2.33. The third-order valence-corrected chi connectivity index (χ3v) is 3.16. The summed E-state index contributed by atoms with van der Waals surface area (Å²) in [5.41, 5.74) is 6.05. The Balaban J connectivity index is 1.72. The normalized spacial score (nSPS) is 18.0. The largest absolute Gasteiger partial charge is 0.327 e. The molecule has 1 aromatic heterocycles. The Kier molecular flexibility index (Phi) is 3.36. The first-order valence-corrected chi connectivity index (χ1v) is 5.93. The summed E-state index contributed by atoms with van der Waals surface area (Å²) in [4.78, 5) is 4.26. The van der Waals surface area contributed by atoms with Crippen LogP contribution in [0.15, 0.2) is 6.33 Å². The molecular weight excluding hydrogens is 188 g/mol. The SMILES string of the molecule is CCn1ncnc1CCCC(N)C1CC1. The molecule has 2 N–H and O–H groups in total. The molecular formula is C11H20N4. The Bertz CT molecular complexity index is 303. The van der Waals surface area contributed by atoms with E-state index in [2.05, 4.69) is 17.0 Å². The molecule has 84 valence electrons. The van der Waals surface area contributed by atoms with Crippen LogP contribution in [0.4, 0.5) is 0 Å². The summed E-state index contributed by atoms with van der Waals surface area (Å²) in [5, 5.41) is 4.15. The van der Waals surface area contributed by atoms with Crippen molar-refractivity contribution < 1.29 is 0 Å². The van der Waals surface area contributed by atoms with Gasteiger partial charge in [0.2, 0.25) is 0 Å². The van der Waals surface area contributed by atoms with Crippen LogP contribution in [-0.4, -0.2) is 20.8 Å². The molecule has 2 rings (SSSR count). The van der Waals surface area contributed by atoms with Gasteiger partial charge in [0.05, 0.1) is 0 Å². The number of hydrogen-bond acceptors (Lipinski definition) is 3. The number of aryl methyl sites for hydroxylation is 2. The van der Waals surface area contributed by atoms with E-state index in [1.807, 2.05) is 4.68 Å². The monoisotopic (exact) mass is 208 g/mol. The highest BCUT2D eigenvalue weighted by Gasteiger charge is 2.27. The zero-order valence-corrected chi connectivity index (χ0v) is 9.39. The lowest BCUT2D eigenvalue weighted by Crippen LogP contribution is -2.22. The van der Waals surface area contributed by atoms with Crippen molar-refractivity contribution in [2.75, 3.05) is 0 Å². The van der Waals surface area contributed by atoms with Crippen molar-refractivity contribution in [1.29, 1.82) is 0 Å². The van der Waals surface area contributed by atoms with E-state index in [4.69, 9.17) is 5.73 Å². The molecule has 0 aromatic carbocycles. The maximum Gasteiger partial charge on any atom is 0.138 e. The Morgan fingerprint density at radius 1 is 1.60 bits per heavy atom. The van der Waals surface area contributed by atoms with Crippen molar-refractivity contribution in [3.8, 4) is 0 Å². The van der Waals surface area contributed by atoms with Crippen LogP contribution in [0.25, 0.3) is 0 Å². The summed E-state index contributed by atoms with van der Waals surface area (Å²) in [5.74, 6) is 1.91. The molecule has 1 fully saturated rings. The molecule has 4 nitrogen and oxygen atoms in total. The highest BCUT2D eigenvalue weighted by molar-refractivity contribution is 4.87. The van der Waals surface area contributed by atoms with Crippen LogP contribution >= 0.6 is 0 Å². The smallest absolute Gasteiger partial charge is 0.138 e. The fourth-order valence-electron chi connectivity index (χ4n) is 2.00. The van der Waals surface area contributed by atoms with Crippen molar-refractivity contribution in [3.63, 3.8) is 0 Å². The summed E-state index contributed by atoms with van der Waals surface area (Å²) in [6, 6.07) is 0.419. The molecule has 0 saturated heterocycles. The molecule has 1 aliphatic carbocycles.